The molecule has 1 N–H and O–H groups in total. The fraction of sp³-hybridized carbons (Fsp3) is 0.394. The molecular formula is C33H42FN3O5S. The van der Waals surface area contributed by atoms with Crippen molar-refractivity contribution in [1.29, 1.82) is 0 Å². The van der Waals surface area contributed by atoms with Crippen LogP contribution >= 0.6 is 0 Å². The van der Waals surface area contributed by atoms with Crippen molar-refractivity contribution in [3.05, 3.63) is 95.8 Å². The van der Waals surface area contributed by atoms with Crippen molar-refractivity contribution in [2.24, 2.45) is 0 Å². The van der Waals surface area contributed by atoms with Gasteiger partial charge in [-0.15, -0.1) is 0 Å². The third-order valence-electron chi connectivity index (χ3n) is 6.66. The monoisotopic (exact) mass is 611 g/mol. The van der Waals surface area contributed by atoms with Gasteiger partial charge in [0.05, 0.1) is 18.6 Å². The minimum Gasteiger partial charge on any atom is -0.494 e. The summed E-state index contributed by atoms with van der Waals surface area (Å²) >= 11 is 0. The van der Waals surface area contributed by atoms with Crippen LogP contribution in [0.2, 0.25) is 0 Å². The summed E-state index contributed by atoms with van der Waals surface area (Å²) in [5, 5.41) is 2.98. The van der Waals surface area contributed by atoms with Gasteiger partial charge in [0.15, 0.2) is 0 Å². The van der Waals surface area contributed by atoms with Crippen molar-refractivity contribution < 1.29 is 27.1 Å². The second-order valence-electron chi connectivity index (χ2n) is 11.4. The molecule has 0 saturated carbocycles. The van der Waals surface area contributed by atoms with Crippen molar-refractivity contribution in [3.8, 4) is 5.75 Å². The van der Waals surface area contributed by atoms with Crippen LogP contribution in [0, 0.1) is 5.82 Å². The van der Waals surface area contributed by atoms with Crippen molar-refractivity contribution in [1.82, 2.24) is 10.2 Å². The Balaban J connectivity index is 1.89. The summed E-state index contributed by atoms with van der Waals surface area (Å²) < 4.78 is 46.8. The average molecular weight is 612 g/mol. The fourth-order valence-electron chi connectivity index (χ4n) is 4.70. The molecule has 0 aromatic heterocycles. The Labute approximate surface area is 254 Å². The van der Waals surface area contributed by atoms with Crippen LogP contribution in [0.15, 0.2) is 78.9 Å². The molecule has 3 aromatic carbocycles. The molecule has 3 aromatic rings. The molecule has 0 saturated heterocycles. The number of amides is 2. The summed E-state index contributed by atoms with van der Waals surface area (Å²) in [5.41, 5.74) is 1.02. The van der Waals surface area contributed by atoms with Crippen LogP contribution in [-0.2, 0) is 32.6 Å². The number of hydrogen-bond donors (Lipinski definition) is 1. The van der Waals surface area contributed by atoms with E-state index in [0.29, 0.717) is 18.0 Å². The molecule has 10 heteroatoms. The molecule has 0 heterocycles. The minimum atomic E-state index is -3.65. The number of carbonyl (C=O) groups excluding carboxylic acids is 2. The third-order valence-corrected chi connectivity index (χ3v) is 7.85. The van der Waals surface area contributed by atoms with E-state index in [9.17, 15) is 22.4 Å². The van der Waals surface area contributed by atoms with Gasteiger partial charge in [-0.2, -0.15) is 0 Å². The number of hydrogen-bond acceptors (Lipinski definition) is 5. The SMILES string of the molecule is CCOc1ccc(N(CCCC(=O)N(Cc2ccccc2F)[C@@H](Cc2ccccc2)C(=O)NC(C)(C)C)S(C)(=O)=O)cc1. The number of sulfonamides is 1. The fourth-order valence-corrected chi connectivity index (χ4v) is 5.66. The Morgan fingerprint density at radius 1 is 0.953 bits per heavy atom. The van der Waals surface area contributed by atoms with Gasteiger partial charge in [-0.3, -0.25) is 13.9 Å². The molecule has 2 amide bonds. The first kappa shape index (κ1) is 33.6. The zero-order valence-electron chi connectivity index (χ0n) is 25.5. The molecule has 1 atom stereocenters. The maximum atomic E-state index is 14.8. The van der Waals surface area contributed by atoms with E-state index in [-0.39, 0.29) is 49.7 Å². The normalized spacial score (nSPS) is 12.3. The van der Waals surface area contributed by atoms with Gasteiger partial charge in [0, 0.05) is 37.0 Å². The molecule has 3 rings (SSSR count). The third kappa shape index (κ3) is 10.4. The van der Waals surface area contributed by atoms with Gasteiger partial charge >= 0.3 is 0 Å². The van der Waals surface area contributed by atoms with E-state index >= 15 is 0 Å². The molecular weight excluding hydrogens is 569 g/mol. The van der Waals surface area contributed by atoms with Crippen LogP contribution in [0.4, 0.5) is 10.1 Å². The lowest BCUT2D eigenvalue weighted by atomic mass is 10.00. The van der Waals surface area contributed by atoms with E-state index in [1.807, 2.05) is 58.0 Å². The van der Waals surface area contributed by atoms with Gasteiger partial charge < -0.3 is 15.0 Å². The van der Waals surface area contributed by atoms with E-state index in [4.69, 9.17) is 4.74 Å². The molecule has 0 unspecified atom stereocenters. The number of benzene rings is 3. The molecule has 232 valence electrons. The summed E-state index contributed by atoms with van der Waals surface area (Å²) in [4.78, 5) is 29.0. The number of carbonyl (C=O) groups is 2. The Hall–Kier alpha value is -3.92. The average Bonchev–Trinajstić information content (AvgIpc) is 2.93. The van der Waals surface area contributed by atoms with Gasteiger partial charge in [0.1, 0.15) is 17.6 Å². The first-order valence-electron chi connectivity index (χ1n) is 14.4. The minimum absolute atomic E-state index is 0.0453. The molecule has 0 aliphatic heterocycles. The summed E-state index contributed by atoms with van der Waals surface area (Å²) in [6.07, 6.45) is 1.48. The summed E-state index contributed by atoms with van der Waals surface area (Å²) in [6, 6.07) is 21.3. The maximum Gasteiger partial charge on any atom is 0.243 e. The van der Waals surface area contributed by atoms with E-state index < -0.39 is 27.4 Å². The van der Waals surface area contributed by atoms with E-state index in [1.54, 1.807) is 42.5 Å². The zero-order valence-corrected chi connectivity index (χ0v) is 26.4. The molecule has 0 aliphatic carbocycles. The van der Waals surface area contributed by atoms with E-state index in [0.717, 1.165) is 11.8 Å². The molecule has 0 radical (unpaired) electrons. The second kappa shape index (κ2) is 15.0. The number of rotatable bonds is 14. The van der Waals surface area contributed by atoms with Gasteiger partial charge in [0.2, 0.25) is 21.8 Å². The zero-order chi connectivity index (χ0) is 31.6. The smallest absolute Gasteiger partial charge is 0.243 e. The van der Waals surface area contributed by atoms with Crippen LogP contribution in [0.1, 0.15) is 51.7 Å². The quantitative estimate of drug-likeness (QED) is 0.266. The molecule has 43 heavy (non-hydrogen) atoms. The highest BCUT2D eigenvalue weighted by atomic mass is 32.2. The number of ether oxygens (including phenoxy) is 1. The molecule has 0 bridgehead atoms. The molecule has 0 spiro atoms. The number of nitrogens with one attached hydrogen (secondary N) is 1. The summed E-state index contributed by atoms with van der Waals surface area (Å²) in [5.74, 6) is -0.591. The second-order valence-corrected chi connectivity index (χ2v) is 13.3. The number of nitrogens with zero attached hydrogens (tertiary/aromatic N) is 2. The number of anilines is 1. The highest BCUT2D eigenvalue weighted by Crippen LogP contribution is 2.23. The first-order chi connectivity index (χ1) is 20.3. The maximum absolute atomic E-state index is 14.8. The topological polar surface area (TPSA) is 96.0 Å². The van der Waals surface area contributed by atoms with Crippen molar-refractivity contribution >= 4 is 27.5 Å². The number of halogens is 1. The largest absolute Gasteiger partial charge is 0.494 e. The molecule has 0 aliphatic rings. The van der Waals surface area contributed by atoms with Gasteiger partial charge in [-0.1, -0.05) is 48.5 Å². The van der Waals surface area contributed by atoms with Crippen LogP contribution in [0.3, 0.4) is 0 Å². The van der Waals surface area contributed by atoms with Gasteiger partial charge in [0.25, 0.3) is 0 Å². The standard InChI is InChI=1S/C33H42FN3O5S/c1-6-42-28-20-18-27(19-21-28)37(43(5,40)41)22-12-17-31(38)36(24-26-15-10-11-16-29(26)34)30(32(39)35-33(2,3)4)23-25-13-8-7-9-14-25/h7-11,13-16,18-21,30H,6,12,17,22-24H2,1-5H3,(H,35,39)/t30-/m0/s1. The van der Waals surface area contributed by atoms with Crippen molar-refractivity contribution in [3.63, 3.8) is 0 Å². The predicted octanol–water partition coefficient (Wildman–Crippen LogP) is 5.33. The van der Waals surface area contributed by atoms with Crippen molar-refractivity contribution in [2.75, 3.05) is 23.7 Å². The van der Waals surface area contributed by atoms with Crippen LogP contribution in [0.5, 0.6) is 5.75 Å². The van der Waals surface area contributed by atoms with Crippen LogP contribution < -0.4 is 14.4 Å². The predicted molar refractivity (Wildman–Crippen MR) is 168 cm³/mol. The van der Waals surface area contributed by atoms with Gasteiger partial charge in [-0.25, -0.2) is 12.8 Å². The Morgan fingerprint density at radius 2 is 1.58 bits per heavy atom. The molecule has 8 nitrogen and oxygen atoms in total. The van der Waals surface area contributed by atoms with Crippen LogP contribution in [0.25, 0.3) is 0 Å². The lowest BCUT2D eigenvalue weighted by Gasteiger charge is -2.34. The highest BCUT2D eigenvalue weighted by Gasteiger charge is 2.32. The van der Waals surface area contributed by atoms with Crippen LogP contribution in [-0.4, -0.2) is 56.1 Å². The van der Waals surface area contributed by atoms with E-state index in [2.05, 4.69) is 5.32 Å². The Bertz CT molecular complexity index is 1460. The highest BCUT2D eigenvalue weighted by molar-refractivity contribution is 7.92. The molecule has 0 fully saturated rings. The van der Waals surface area contributed by atoms with Gasteiger partial charge in [-0.05, 0) is 70.0 Å². The summed E-state index contributed by atoms with van der Waals surface area (Å²) in [7, 11) is -3.65. The first-order valence-corrected chi connectivity index (χ1v) is 16.2. The lowest BCUT2D eigenvalue weighted by Crippen LogP contribution is -2.54. The lowest BCUT2D eigenvalue weighted by molar-refractivity contribution is -0.142. The van der Waals surface area contributed by atoms with Crippen molar-refractivity contribution in [2.45, 2.75) is 65.1 Å². The summed E-state index contributed by atoms with van der Waals surface area (Å²) in [6.45, 7) is 7.84. The van der Waals surface area contributed by atoms with E-state index in [1.165, 1.54) is 15.3 Å². The Morgan fingerprint density at radius 3 is 2.16 bits per heavy atom. The Kier molecular flexibility index (Phi) is 11.7.